The monoisotopic (exact) mass is 196 g/mol. The second kappa shape index (κ2) is 4.35. The van der Waals surface area contributed by atoms with Crippen LogP contribution in [0.2, 0.25) is 0 Å². The van der Waals surface area contributed by atoms with E-state index in [2.05, 4.69) is 0 Å². The average Bonchev–Trinajstić information content (AvgIpc) is 2.16. The molecular formula is C9H13BO4. The minimum atomic E-state index is -1.49. The van der Waals surface area contributed by atoms with Gasteiger partial charge in [0.05, 0.1) is 14.2 Å². The van der Waals surface area contributed by atoms with E-state index in [0.29, 0.717) is 17.0 Å². The zero-order valence-corrected chi connectivity index (χ0v) is 8.44. The van der Waals surface area contributed by atoms with Crippen molar-refractivity contribution in [3.63, 3.8) is 0 Å². The van der Waals surface area contributed by atoms with Crippen LogP contribution in [0.1, 0.15) is 5.56 Å². The maximum absolute atomic E-state index is 8.99. The van der Waals surface area contributed by atoms with Gasteiger partial charge in [-0.15, -0.1) is 0 Å². The van der Waals surface area contributed by atoms with E-state index < -0.39 is 7.12 Å². The highest BCUT2D eigenvalue weighted by Gasteiger charge is 2.16. The van der Waals surface area contributed by atoms with Crippen molar-refractivity contribution in [2.45, 2.75) is 6.92 Å². The highest BCUT2D eigenvalue weighted by Crippen LogP contribution is 2.28. The van der Waals surface area contributed by atoms with Crippen LogP contribution in [0.25, 0.3) is 0 Å². The van der Waals surface area contributed by atoms with E-state index >= 15 is 0 Å². The van der Waals surface area contributed by atoms with E-state index in [9.17, 15) is 0 Å². The zero-order chi connectivity index (χ0) is 10.7. The maximum atomic E-state index is 8.99. The highest BCUT2D eigenvalue weighted by molar-refractivity contribution is 6.58. The molecule has 0 spiro atoms. The summed E-state index contributed by atoms with van der Waals surface area (Å²) >= 11 is 0. The van der Waals surface area contributed by atoms with Crippen LogP contribution in [0.15, 0.2) is 12.1 Å². The van der Waals surface area contributed by atoms with Crippen LogP contribution in [-0.2, 0) is 0 Å². The van der Waals surface area contributed by atoms with Crippen LogP contribution in [0, 0.1) is 6.92 Å². The van der Waals surface area contributed by atoms with Gasteiger partial charge in [-0.25, -0.2) is 0 Å². The Morgan fingerprint density at radius 1 is 1.14 bits per heavy atom. The van der Waals surface area contributed by atoms with Crippen molar-refractivity contribution in [3.05, 3.63) is 17.7 Å². The van der Waals surface area contributed by atoms with Gasteiger partial charge in [-0.3, -0.25) is 0 Å². The third-order valence-corrected chi connectivity index (χ3v) is 1.99. The Morgan fingerprint density at radius 3 is 2.21 bits per heavy atom. The highest BCUT2D eigenvalue weighted by atomic mass is 16.5. The van der Waals surface area contributed by atoms with E-state index in [-0.39, 0.29) is 0 Å². The SMILES string of the molecule is COc1cc(B(O)O)cc(C)c1OC. The Bertz CT molecular complexity index is 325. The lowest BCUT2D eigenvalue weighted by Crippen LogP contribution is -2.30. The van der Waals surface area contributed by atoms with Gasteiger partial charge in [-0.2, -0.15) is 0 Å². The number of rotatable bonds is 3. The number of hydrogen-bond acceptors (Lipinski definition) is 4. The molecule has 0 bridgehead atoms. The fourth-order valence-electron chi connectivity index (χ4n) is 1.33. The van der Waals surface area contributed by atoms with Crippen LogP contribution in [0.5, 0.6) is 11.5 Å². The van der Waals surface area contributed by atoms with Crippen molar-refractivity contribution in [3.8, 4) is 11.5 Å². The molecule has 1 rings (SSSR count). The van der Waals surface area contributed by atoms with Crippen LogP contribution >= 0.6 is 0 Å². The molecule has 5 heteroatoms. The first-order valence-corrected chi connectivity index (χ1v) is 4.18. The predicted molar refractivity (Wildman–Crippen MR) is 54.1 cm³/mol. The molecule has 0 radical (unpaired) electrons. The maximum Gasteiger partial charge on any atom is 0.488 e. The van der Waals surface area contributed by atoms with Crippen LogP contribution in [0.3, 0.4) is 0 Å². The Hall–Kier alpha value is -1.20. The zero-order valence-electron chi connectivity index (χ0n) is 8.44. The minimum Gasteiger partial charge on any atom is -0.493 e. The van der Waals surface area contributed by atoms with Crippen LogP contribution in [0.4, 0.5) is 0 Å². The topological polar surface area (TPSA) is 58.9 Å². The summed E-state index contributed by atoms with van der Waals surface area (Å²) in [6.07, 6.45) is 0. The molecule has 1 aromatic carbocycles. The second-order valence-corrected chi connectivity index (χ2v) is 2.95. The third kappa shape index (κ3) is 2.00. The van der Waals surface area contributed by atoms with Gasteiger partial charge in [-0.05, 0) is 24.0 Å². The molecule has 0 aliphatic rings. The standard InChI is InChI=1S/C9H13BO4/c1-6-4-7(10(11)12)5-8(13-2)9(6)14-3/h4-5,11-12H,1-3H3. The molecule has 0 aromatic heterocycles. The third-order valence-electron chi connectivity index (χ3n) is 1.99. The molecule has 0 amide bonds. The Labute approximate surface area is 83.2 Å². The van der Waals surface area contributed by atoms with Gasteiger partial charge in [0.15, 0.2) is 11.5 Å². The quantitative estimate of drug-likeness (QED) is 0.651. The van der Waals surface area contributed by atoms with Crippen LogP contribution in [-0.4, -0.2) is 31.4 Å². The molecule has 0 atom stereocenters. The summed E-state index contributed by atoms with van der Waals surface area (Å²) in [5, 5.41) is 18.0. The number of ether oxygens (including phenoxy) is 2. The minimum absolute atomic E-state index is 0.389. The van der Waals surface area contributed by atoms with Crippen molar-refractivity contribution >= 4 is 12.6 Å². The average molecular weight is 196 g/mol. The molecule has 76 valence electrons. The van der Waals surface area contributed by atoms with Crippen molar-refractivity contribution in [1.29, 1.82) is 0 Å². The first-order valence-electron chi connectivity index (χ1n) is 4.18. The lowest BCUT2D eigenvalue weighted by Gasteiger charge is -2.12. The molecule has 0 saturated carbocycles. The molecule has 0 saturated heterocycles. The molecule has 0 aliphatic carbocycles. The second-order valence-electron chi connectivity index (χ2n) is 2.95. The molecule has 14 heavy (non-hydrogen) atoms. The Balaban J connectivity index is 3.24. The van der Waals surface area contributed by atoms with Gasteiger partial charge in [0.1, 0.15) is 0 Å². The van der Waals surface area contributed by atoms with Gasteiger partial charge in [0.2, 0.25) is 0 Å². The summed E-state index contributed by atoms with van der Waals surface area (Å²) in [6, 6.07) is 3.18. The molecule has 1 aromatic rings. The fraction of sp³-hybridized carbons (Fsp3) is 0.333. The van der Waals surface area contributed by atoms with E-state index in [1.807, 2.05) is 6.92 Å². The van der Waals surface area contributed by atoms with Crippen LogP contribution < -0.4 is 14.9 Å². The van der Waals surface area contributed by atoms with E-state index in [4.69, 9.17) is 19.5 Å². The summed E-state index contributed by atoms with van der Waals surface area (Å²) < 4.78 is 10.2. The predicted octanol–water partition coefficient (Wildman–Crippen LogP) is -0.308. The molecule has 2 N–H and O–H groups in total. The summed E-state index contributed by atoms with van der Waals surface area (Å²) in [7, 11) is 1.55. The number of hydrogen-bond donors (Lipinski definition) is 2. The molecular weight excluding hydrogens is 183 g/mol. The first kappa shape index (κ1) is 10.9. The molecule has 0 heterocycles. The lowest BCUT2D eigenvalue weighted by molar-refractivity contribution is 0.353. The van der Waals surface area contributed by atoms with Gasteiger partial charge in [0, 0.05) is 0 Å². The summed E-state index contributed by atoms with van der Waals surface area (Å²) in [5.74, 6) is 1.10. The smallest absolute Gasteiger partial charge is 0.488 e. The van der Waals surface area contributed by atoms with Gasteiger partial charge >= 0.3 is 7.12 Å². The van der Waals surface area contributed by atoms with Crippen molar-refractivity contribution < 1.29 is 19.5 Å². The van der Waals surface area contributed by atoms with E-state index in [1.165, 1.54) is 13.2 Å². The van der Waals surface area contributed by atoms with Crippen molar-refractivity contribution in [1.82, 2.24) is 0 Å². The van der Waals surface area contributed by atoms with Gasteiger partial charge in [0.25, 0.3) is 0 Å². The van der Waals surface area contributed by atoms with E-state index in [0.717, 1.165) is 5.56 Å². The first-order chi connectivity index (χ1) is 6.60. The summed E-state index contributed by atoms with van der Waals surface area (Å²) in [6.45, 7) is 1.81. The molecule has 0 unspecified atom stereocenters. The normalized spacial score (nSPS) is 9.79. The lowest BCUT2D eigenvalue weighted by atomic mass is 9.79. The fourth-order valence-corrected chi connectivity index (χ4v) is 1.33. The number of benzene rings is 1. The molecule has 0 aliphatic heterocycles. The Kier molecular flexibility index (Phi) is 3.38. The molecule has 4 nitrogen and oxygen atoms in total. The largest absolute Gasteiger partial charge is 0.493 e. The Morgan fingerprint density at radius 2 is 1.79 bits per heavy atom. The summed E-state index contributed by atoms with van der Waals surface area (Å²) in [4.78, 5) is 0. The van der Waals surface area contributed by atoms with Crippen molar-refractivity contribution in [2.24, 2.45) is 0 Å². The number of aryl methyl sites for hydroxylation is 1. The summed E-state index contributed by atoms with van der Waals surface area (Å²) in [5.41, 5.74) is 1.19. The van der Waals surface area contributed by atoms with E-state index in [1.54, 1.807) is 13.2 Å². The number of methoxy groups -OCH3 is 2. The van der Waals surface area contributed by atoms with Crippen molar-refractivity contribution in [2.75, 3.05) is 14.2 Å². The molecule has 0 fully saturated rings. The van der Waals surface area contributed by atoms with Gasteiger partial charge in [-0.1, -0.05) is 6.07 Å². The van der Waals surface area contributed by atoms with Gasteiger partial charge < -0.3 is 19.5 Å².